The molecule has 0 spiro atoms. The molecule has 0 aliphatic rings. The van der Waals surface area contributed by atoms with Gasteiger partial charge in [0.1, 0.15) is 0 Å². The van der Waals surface area contributed by atoms with Crippen molar-refractivity contribution in [3.63, 3.8) is 0 Å². The molecule has 36 heavy (non-hydrogen) atoms. The predicted molar refractivity (Wildman–Crippen MR) is 148 cm³/mol. The van der Waals surface area contributed by atoms with Gasteiger partial charge in [0, 0.05) is 0 Å². The second-order valence-corrected chi connectivity index (χ2v) is 9.10. The Morgan fingerprint density at radius 3 is 1.25 bits per heavy atom. The second-order valence-electron chi connectivity index (χ2n) is 8.33. The van der Waals surface area contributed by atoms with Gasteiger partial charge in [-0.1, -0.05) is 48.5 Å². The van der Waals surface area contributed by atoms with Crippen LogP contribution in [0.25, 0.3) is 44.3 Å². The molecule has 6 rings (SSSR count). The van der Waals surface area contributed by atoms with Crippen LogP contribution in [0.4, 0.5) is 0 Å². The molecule has 174 valence electrons. The summed E-state index contributed by atoms with van der Waals surface area (Å²) in [5.74, 6) is 0. The number of H-pyrrole nitrogens is 2. The van der Waals surface area contributed by atoms with Gasteiger partial charge in [-0.15, -0.1) is 0 Å². The van der Waals surface area contributed by atoms with Gasteiger partial charge in [-0.2, -0.15) is 0 Å². The van der Waals surface area contributed by atoms with Crippen molar-refractivity contribution in [2.24, 2.45) is 0 Å². The van der Waals surface area contributed by atoms with Gasteiger partial charge in [-0.3, -0.25) is 18.7 Å². The van der Waals surface area contributed by atoms with E-state index in [2.05, 4.69) is 9.97 Å². The summed E-state index contributed by atoms with van der Waals surface area (Å²) in [4.78, 5) is 32.4. The second kappa shape index (κ2) is 8.67. The lowest BCUT2D eigenvalue weighted by Crippen LogP contribution is -2.20. The molecule has 0 amide bonds. The number of para-hydroxylation sites is 2. The number of nitrogens with one attached hydrogen (secondary N) is 2. The predicted octanol–water partition coefficient (Wildman–Crippen LogP) is 6.08. The number of aromatic amines is 2. The van der Waals surface area contributed by atoms with Gasteiger partial charge in [-0.25, -0.2) is 0 Å². The highest BCUT2D eigenvalue weighted by molar-refractivity contribution is 7.71. The third kappa shape index (κ3) is 3.64. The molecule has 0 aliphatic carbocycles. The Labute approximate surface area is 214 Å². The highest BCUT2D eigenvalue weighted by atomic mass is 32.1. The van der Waals surface area contributed by atoms with E-state index >= 15 is 0 Å². The number of hydrogen-bond donors (Lipinski definition) is 2. The average molecular weight is 507 g/mol. The summed E-state index contributed by atoms with van der Waals surface area (Å²) in [6, 6.07) is 29.8. The number of nitrogens with zero attached hydrogens (tertiary/aromatic N) is 2. The lowest BCUT2D eigenvalue weighted by molar-refractivity contribution is 0.939. The van der Waals surface area contributed by atoms with Crippen LogP contribution in [0.3, 0.4) is 0 Å². The molecule has 6 aromatic rings. The van der Waals surface area contributed by atoms with E-state index in [1.807, 2.05) is 84.9 Å². The van der Waals surface area contributed by atoms with Crippen LogP contribution in [-0.4, -0.2) is 19.1 Å². The Morgan fingerprint density at radius 2 is 0.861 bits per heavy atom. The maximum atomic E-state index is 13.1. The standard InChI is InChI=1S/C28H18N4O2S2/c33-25-21-5-1-3-7-23(21)29-27(35)31(25)19-13-9-17(10-14-19)18-11-15-20(16-12-18)32-26(34)22-6-2-4-8-24(22)30-28(32)36/h1-16H,(H,29,35)(H,30,36). The van der Waals surface area contributed by atoms with Crippen LogP contribution in [0.5, 0.6) is 0 Å². The minimum Gasteiger partial charge on any atom is -0.331 e. The molecule has 0 radical (unpaired) electrons. The van der Waals surface area contributed by atoms with Gasteiger partial charge in [0.15, 0.2) is 9.54 Å². The van der Waals surface area contributed by atoms with E-state index in [1.165, 1.54) is 9.13 Å². The third-order valence-corrected chi connectivity index (χ3v) is 6.76. The van der Waals surface area contributed by atoms with E-state index in [9.17, 15) is 9.59 Å². The monoisotopic (exact) mass is 506 g/mol. The van der Waals surface area contributed by atoms with E-state index in [4.69, 9.17) is 24.4 Å². The fourth-order valence-corrected chi connectivity index (χ4v) is 5.00. The fourth-order valence-electron chi connectivity index (χ4n) is 4.40. The zero-order valence-electron chi connectivity index (χ0n) is 18.8. The van der Waals surface area contributed by atoms with Crippen molar-refractivity contribution < 1.29 is 0 Å². The molecule has 0 bridgehead atoms. The van der Waals surface area contributed by atoms with Crippen LogP contribution in [0.2, 0.25) is 0 Å². The summed E-state index contributed by atoms with van der Waals surface area (Å²) in [6.45, 7) is 0. The van der Waals surface area contributed by atoms with Crippen molar-refractivity contribution in [3.05, 3.63) is 127 Å². The zero-order chi connectivity index (χ0) is 24.8. The van der Waals surface area contributed by atoms with Crippen molar-refractivity contribution >= 4 is 46.2 Å². The number of rotatable bonds is 3. The number of fused-ring (bicyclic) bond motifs is 2. The van der Waals surface area contributed by atoms with Crippen molar-refractivity contribution in [3.8, 4) is 22.5 Å². The summed E-state index contributed by atoms with van der Waals surface area (Å²) >= 11 is 10.9. The largest absolute Gasteiger partial charge is 0.331 e. The summed E-state index contributed by atoms with van der Waals surface area (Å²) in [6.07, 6.45) is 0. The first-order valence-corrected chi connectivity index (χ1v) is 12.0. The van der Waals surface area contributed by atoms with Gasteiger partial charge in [-0.05, 0) is 84.1 Å². The first-order valence-electron chi connectivity index (χ1n) is 11.2. The van der Waals surface area contributed by atoms with Crippen LogP contribution in [0.1, 0.15) is 0 Å². The third-order valence-electron chi connectivity index (χ3n) is 6.19. The van der Waals surface area contributed by atoms with E-state index < -0.39 is 0 Å². The number of aromatic nitrogens is 4. The van der Waals surface area contributed by atoms with Crippen LogP contribution in [0, 0.1) is 9.54 Å². The molecule has 0 aliphatic heterocycles. The Hall–Kier alpha value is -4.40. The minimum atomic E-state index is -0.163. The van der Waals surface area contributed by atoms with Crippen molar-refractivity contribution in [2.45, 2.75) is 0 Å². The molecule has 0 saturated carbocycles. The number of benzene rings is 4. The van der Waals surface area contributed by atoms with E-state index in [1.54, 1.807) is 12.1 Å². The van der Waals surface area contributed by atoms with E-state index in [-0.39, 0.29) is 11.1 Å². The smallest absolute Gasteiger partial charge is 0.266 e. The Morgan fingerprint density at radius 1 is 0.500 bits per heavy atom. The first kappa shape index (κ1) is 22.1. The van der Waals surface area contributed by atoms with Gasteiger partial charge in [0.2, 0.25) is 0 Å². The maximum Gasteiger partial charge on any atom is 0.266 e. The van der Waals surface area contributed by atoms with E-state index in [0.29, 0.717) is 42.7 Å². The SMILES string of the molecule is O=c1c2ccccc2[nH]c(=S)n1-c1ccc(-c2ccc(-n3c(=S)[nH]c4ccccc4c3=O)cc2)cc1. The molecule has 4 aromatic carbocycles. The molecular formula is C28H18N4O2S2. The Kier molecular flexibility index (Phi) is 5.32. The molecular weight excluding hydrogens is 488 g/mol. The summed E-state index contributed by atoms with van der Waals surface area (Å²) in [5, 5.41) is 1.15. The van der Waals surface area contributed by atoms with Gasteiger partial charge >= 0.3 is 0 Å². The molecule has 6 nitrogen and oxygen atoms in total. The van der Waals surface area contributed by atoms with Crippen molar-refractivity contribution in [1.29, 1.82) is 0 Å². The molecule has 0 saturated heterocycles. The summed E-state index contributed by atoms with van der Waals surface area (Å²) in [5.41, 5.74) is 4.39. The summed E-state index contributed by atoms with van der Waals surface area (Å²) in [7, 11) is 0. The summed E-state index contributed by atoms with van der Waals surface area (Å²) < 4.78 is 3.68. The molecule has 0 atom stereocenters. The van der Waals surface area contributed by atoms with Crippen molar-refractivity contribution in [2.75, 3.05) is 0 Å². The van der Waals surface area contributed by atoms with Gasteiger partial charge in [0.25, 0.3) is 11.1 Å². The molecule has 2 N–H and O–H groups in total. The van der Waals surface area contributed by atoms with E-state index in [0.717, 1.165) is 11.1 Å². The van der Waals surface area contributed by atoms with Crippen LogP contribution in [-0.2, 0) is 0 Å². The first-order chi connectivity index (χ1) is 17.5. The Bertz CT molecular complexity index is 1870. The van der Waals surface area contributed by atoms with Crippen LogP contribution in [0.15, 0.2) is 107 Å². The number of hydrogen-bond acceptors (Lipinski definition) is 4. The highest BCUT2D eigenvalue weighted by Gasteiger charge is 2.10. The fraction of sp³-hybridized carbons (Fsp3) is 0. The normalized spacial score (nSPS) is 11.2. The van der Waals surface area contributed by atoms with Crippen LogP contribution < -0.4 is 11.1 Å². The highest BCUT2D eigenvalue weighted by Crippen LogP contribution is 2.23. The Balaban J connectivity index is 1.37. The molecule has 0 unspecified atom stereocenters. The van der Waals surface area contributed by atoms with Crippen molar-refractivity contribution in [1.82, 2.24) is 19.1 Å². The zero-order valence-corrected chi connectivity index (χ0v) is 20.4. The quantitative estimate of drug-likeness (QED) is 0.285. The topological polar surface area (TPSA) is 75.6 Å². The lowest BCUT2D eigenvalue weighted by atomic mass is 10.0. The lowest BCUT2D eigenvalue weighted by Gasteiger charge is -2.11. The maximum absolute atomic E-state index is 13.1. The molecule has 0 fully saturated rings. The van der Waals surface area contributed by atoms with Crippen LogP contribution >= 0.6 is 24.4 Å². The minimum absolute atomic E-state index is 0.163. The van der Waals surface area contributed by atoms with Gasteiger partial charge in [0.05, 0.1) is 33.2 Å². The molecule has 8 heteroatoms. The van der Waals surface area contributed by atoms with Gasteiger partial charge < -0.3 is 9.97 Å². The average Bonchev–Trinajstić information content (AvgIpc) is 2.90. The molecule has 2 aromatic heterocycles. The molecule has 2 heterocycles.